The van der Waals surface area contributed by atoms with Crippen LogP contribution in [0.2, 0.25) is 0 Å². The molecule has 8 N–H and O–H groups in total. The second kappa shape index (κ2) is 12.1. The summed E-state index contributed by atoms with van der Waals surface area (Å²) in [7, 11) is 0. The van der Waals surface area contributed by atoms with Gasteiger partial charge in [-0.25, -0.2) is 9.18 Å². The van der Waals surface area contributed by atoms with E-state index in [0.717, 1.165) is 12.1 Å². The van der Waals surface area contributed by atoms with Crippen molar-refractivity contribution in [1.82, 2.24) is 0 Å². The normalized spacial score (nSPS) is 37.3. The number of nitro benzene ring substituents is 1. The third kappa shape index (κ3) is 6.18. The van der Waals surface area contributed by atoms with Crippen LogP contribution in [0.1, 0.15) is 6.42 Å². The highest BCUT2D eigenvalue weighted by molar-refractivity contribution is 5.76. The maximum atomic E-state index is 14.5. The van der Waals surface area contributed by atoms with Crippen molar-refractivity contribution >= 4 is 11.7 Å². The Morgan fingerprint density at radius 1 is 1.16 bits per heavy atom. The smallest absolute Gasteiger partial charge is 0.364 e. The minimum atomic E-state index is -2.83. The number of ether oxygens (including phenoxy) is 4. The van der Waals surface area contributed by atoms with Gasteiger partial charge < -0.3 is 59.8 Å². The lowest BCUT2D eigenvalue weighted by Gasteiger charge is -2.45. The molecule has 16 nitrogen and oxygen atoms in total. The first-order valence-corrected chi connectivity index (χ1v) is 11.3. The number of carboxylic acid groups (broad SMARTS) is 1. The summed E-state index contributed by atoms with van der Waals surface area (Å²) in [5, 5.41) is 90.2. The van der Waals surface area contributed by atoms with Crippen molar-refractivity contribution in [3.63, 3.8) is 0 Å². The zero-order chi connectivity index (χ0) is 28.4. The van der Waals surface area contributed by atoms with Crippen molar-refractivity contribution in [2.45, 2.75) is 73.5 Å². The quantitative estimate of drug-likeness (QED) is 0.105. The van der Waals surface area contributed by atoms with E-state index in [0.29, 0.717) is 0 Å². The minimum Gasteiger partial charge on any atom is -0.477 e. The molecule has 3 rings (SSSR count). The molecule has 0 aromatic heterocycles. The molecule has 0 aliphatic carbocycles. The summed E-state index contributed by atoms with van der Waals surface area (Å²) < 4.78 is 35.7. The average molecular weight is 553 g/mol. The summed E-state index contributed by atoms with van der Waals surface area (Å²) in [6.45, 7) is -1.93. The van der Waals surface area contributed by atoms with Crippen LogP contribution in [-0.2, 0) is 19.0 Å². The molecule has 214 valence electrons. The zero-order valence-electron chi connectivity index (χ0n) is 19.5. The second-order valence-electron chi connectivity index (χ2n) is 8.79. The lowest BCUT2D eigenvalue weighted by Crippen LogP contribution is -2.64. The number of aliphatic hydroxyl groups is 7. The highest BCUT2D eigenvalue weighted by atomic mass is 19.1. The third-order valence-corrected chi connectivity index (χ3v) is 6.18. The molecule has 2 saturated heterocycles. The van der Waals surface area contributed by atoms with Crippen LogP contribution >= 0.6 is 0 Å². The molecule has 11 atom stereocenters. The summed E-state index contributed by atoms with van der Waals surface area (Å²) >= 11 is 0. The predicted octanol–water partition coefficient (Wildman–Crippen LogP) is -3.22. The van der Waals surface area contributed by atoms with Gasteiger partial charge in [0.2, 0.25) is 6.29 Å². The summed E-state index contributed by atoms with van der Waals surface area (Å²) in [5.41, 5.74) is -0.261. The second-order valence-corrected chi connectivity index (χ2v) is 8.79. The Balaban J connectivity index is 1.76. The molecule has 2 aliphatic rings. The Hall–Kier alpha value is -2.58. The topological polar surface area (TPSA) is 259 Å². The van der Waals surface area contributed by atoms with Crippen LogP contribution in [0.4, 0.5) is 10.1 Å². The first kappa shape index (κ1) is 30.0. The zero-order valence-corrected chi connectivity index (χ0v) is 19.5. The maximum absolute atomic E-state index is 14.5. The number of rotatable bonds is 10. The van der Waals surface area contributed by atoms with Crippen molar-refractivity contribution < 1.29 is 73.9 Å². The fourth-order valence-electron chi connectivity index (χ4n) is 3.97. The molecular formula is C21H28FNO15. The van der Waals surface area contributed by atoms with E-state index in [1.165, 1.54) is 12.1 Å². The Morgan fingerprint density at radius 2 is 1.79 bits per heavy atom. The Kier molecular flexibility index (Phi) is 9.52. The molecule has 38 heavy (non-hydrogen) atoms. The Morgan fingerprint density at radius 3 is 2.34 bits per heavy atom. The Bertz CT molecular complexity index is 968. The molecule has 1 aromatic rings. The van der Waals surface area contributed by atoms with Crippen LogP contribution in [0.5, 0.6) is 5.75 Å². The highest BCUT2D eigenvalue weighted by Crippen LogP contribution is 2.36. The molecular weight excluding hydrogens is 525 g/mol. The molecule has 0 saturated carbocycles. The number of halogens is 1. The first-order chi connectivity index (χ1) is 17.8. The third-order valence-electron chi connectivity index (χ3n) is 6.18. The van der Waals surface area contributed by atoms with Gasteiger partial charge in [-0.1, -0.05) is 0 Å². The molecule has 0 amide bonds. The van der Waals surface area contributed by atoms with Crippen LogP contribution < -0.4 is 4.74 Å². The molecule has 17 heteroatoms. The van der Waals surface area contributed by atoms with E-state index in [2.05, 4.69) is 0 Å². The SMILES string of the molecule is O=C(O)[C@@]1(OC[C@H]2O[C@@H](Oc3ccc([N+](=O)[O-])cc3)[C@H](O)[C@@H](O)[C@H]2O)C[C@H](O)[C@@H](F)[C@H]([C@H](O)[C@H](O)CO)O1. The fraction of sp³-hybridized carbons (Fsp3) is 0.667. The van der Waals surface area contributed by atoms with Gasteiger partial charge in [0.25, 0.3) is 11.5 Å². The standard InChI is InChI=1S/C21H28FNO15/c22-13-10(25)5-21(20(31)32,38-18(13)14(27)11(26)6-24)35-7-12-15(28)16(29)17(30)19(37-12)36-9-3-1-8(2-4-9)23(33)34/h1-4,10-19,24-30H,5-7H2,(H,31,32)/t10-,11+,12+,13+,14+,15-,16-,17+,18+,19+,21+/m0/s1. The number of aliphatic hydroxyl groups excluding tert-OH is 7. The van der Waals surface area contributed by atoms with Crippen molar-refractivity contribution in [2.24, 2.45) is 0 Å². The van der Waals surface area contributed by atoms with E-state index in [1.54, 1.807) is 0 Å². The summed E-state index contributed by atoms with van der Waals surface area (Å²) in [6, 6.07) is 4.53. The largest absolute Gasteiger partial charge is 0.477 e. The molecule has 0 bridgehead atoms. The summed E-state index contributed by atoms with van der Waals surface area (Å²) in [5.74, 6) is -4.75. The average Bonchev–Trinajstić information content (AvgIpc) is 2.89. The van der Waals surface area contributed by atoms with Gasteiger partial charge in [-0.15, -0.1) is 0 Å². The Labute approximate surface area is 213 Å². The minimum absolute atomic E-state index is 0.0306. The van der Waals surface area contributed by atoms with Crippen molar-refractivity contribution in [3.8, 4) is 5.75 Å². The van der Waals surface area contributed by atoms with Gasteiger partial charge in [-0.3, -0.25) is 10.1 Å². The van der Waals surface area contributed by atoms with E-state index in [-0.39, 0.29) is 11.4 Å². The summed E-state index contributed by atoms with van der Waals surface area (Å²) in [4.78, 5) is 22.2. The molecule has 2 heterocycles. The lowest BCUT2D eigenvalue weighted by molar-refractivity contribution is -0.384. The molecule has 0 radical (unpaired) electrons. The maximum Gasteiger partial charge on any atom is 0.364 e. The van der Waals surface area contributed by atoms with Crippen LogP contribution in [0.15, 0.2) is 24.3 Å². The number of non-ortho nitro benzene ring substituents is 1. The molecule has 1 aromatic carbocycles. The number of carbonyl (C=O) groups is 1. The lowest BCUT2D eigenvalue weighted by atomic mass is 9.91. The van der Waals surface area contributed by atoms with E-state index in [1.807, 2.05) is 0 Å². The van der Waals surface area contributed by atoms with Crippen LogP contribution in [0.3, 0.4) is 0 Å². The first-order valence-electron chi connectivity index (χ1n) is 11.3. The number of nitro groups is 1. The number of benzene rings is 1. The van der Waals surface area contributed by atoms with Crippen molar-refractivity contribution in [2.75, 3.05) is 13.2 Å². The van der Waals surface area contributed by atoms with Gasteiger partial charge >= 0.3 is 5.97 Å². The van der Waals surface area contributed by atoms with Gasteiger partial charge in [0.15, 0.2) is 6.17 Å². The van der Waals surface area contributed by atoms with E-state index < -0.39 is 97.6 Å². The molecule has 0 spiro atoms. The molecule has 0 unspecified atom stereocenters. The van der Waals surface area contributed by atoms with E-state index in [9.17, 15) is 55.0 Å². The number of alkyl halides is 1. The highest BCUT2D eigenvalue weighted by Gasteiger charge is 2.57. The number of aliphatic carboxylic acids is 1. The number of hydrogen-bond acceptors (Lipinski definition) is 14. The fourth-order valence-corrected chi connectivity index (χ4v) is 3.97. The van der Waals surface area contributed by atoms with E-state index in [4.69, 9.17) is 24.1 Å². The monoisotopic (exact) mass is 553 g/mol. The van der Waals surface area contributed by atoms with Gasteiger partial charge in [0.1, 0.15) is 48.5 Å². The van der Waals surface area contributed by atoms with E-state index >= 15 is 0 Å². The van der Waals surface area contributed by atoms with Crippen molar-refractivity contribution in [3.05, 3.63) is 34.4 Å². The number of nitrogens with zero attached hydrogens (tertiary/aromatic N) is 1. The summed E-state index contributed by atoms with van der Waals surface area (Å²) in [6.07, 6.45) is -20.6. The number of hydrogen-bond donors (Lipinski definition) is 8. The molecule has 2 fully saturated rings. The van der Waals surface area contributed by atoms with Crippen LogP contribution in [0, 0.1) is 10.1 Å². The van der Waals surface area contributed by atoms with Crippen LogP contribution in [0.25, 0.3) is 0 Å². The van der Waals surface area contributed by atoms with Gasteiger partial charge in [-0.05, 0) is 12.1 Å². The van der Waals surface area contributed by atoms with Gasteiger partial charge in [0, 0.05) is 18.6 Å². The predicted molar refractivity (Wildman–Crippen MR) is 116 cm³/mol. The van der Waals surface area contributed by atoms with Gasteiger partial charge in [-0.2, -0.15) is 0 Å². The van der Waals surface area contributed by atoms with Crippen molar-refractivity contribution in [1.29, 1.82) is 0 Å². The molecule has 2 aliphatic heterocycles. The number of carboxylic acids is 1. The van der Waals surface area contributed by atoms with Gasteiger partial charge in [0.05, 0.1) is 24.2 Å². The van der Waals surface area contributed by atoms with Crippen LogP contribution in [-0.4, -0.2) is 132 Å².